The van der Waals surface area contributed by atoms with E-state index in [-0.39, 0.29) is 12.2 Å². The Morgan fingerprint density at radius 1 is 1.00 bits per heavy atom. The zero-order valence-corrected chi connectivity index (χ0v) is 11.4. The summed E-state index contributed by atoms with van der Waals surface area (Å²) in [6.45, 7) is 0.668. The molecule has 2 aromatic carbocycles. The van der Waals surface area contributed by atoms with E-state index in [1.54, 1.807) is 11.9 Å². The Labute approximate surface area is 117 Å². The molecule has 0 spiro atoms. The first kappa shape index (κ1) is 14.5. The van der Waals surface area contributed by atoms with Crippen LogP contribution < -0.4 is 10.6 Å². The minimum absolute atomic E-state index is 0.00173. The van der Waals surface area contributed by atoms with Crippen LogP contribution in [0, 0.1) is 11.6 Å². The standard InChI is InChI=1S/C16H18F2N2/c1-20(8-7-12-5-3-2-4-6-12)16-14(17)9-13(11-19)10-15(16)18/h2-6,9-10H,7-8,11,19H2,1H3. The number of nitrogens with zero attached hydrogens (tertiary/aromatic N) is 1. The highest BCUT2D eigenvalue weighted by atomic mass is 19.1. The van der Waals surface area contributed by atoms with Crippen molar-refractivity contribution in [1.82, 2.24) is 0 Å². The molecule has 0 heterocycles. The van der Waals surface area contributed by atoms with Gasteiger partial charge in [-0.3, -0.25) is 0 Å². The van der Waals surface area contributed by atoms with Gasteiger partial charge in [0.2, 0.25) is 0 Å². The van der Waals surface area contributed by atoms with Crippen LogP contribution in [0.1, 0.15) is 11.1 Å². The molecule has 0 fully saturated rings. The molecule has 0 saturated heterocycles. The molecule has 2 nitrogen and oxygen atoms in total. The Bertz CT molecular complexity index is 547. The van der Waals surface area contributed by atoms with Crippen molar-refractivity contribution in [3.05, 3.63) is 65.2 Å². The summed E-state index contributed by atoms with van der Waals surface area (Å²) in [4.78, 5) is 1.60. The molecule has 106 valence electrons. The predicted molar refractivity (Wildman–Crippen MR) is 77.7 cm³/mol. The third-order valence-corrected chi connectivity index (χ3v) is 3.27. The van der Waals surface area contributed by atoms with E-state index in [2.05, 4.69) is 0 Å². The van der Waals surface area contributed by atoms with E-state index in [0.717, 1.165) is 12.0 Å². The highest BCUT2D eigenvalue weighted by Crippen LogP contribution is 2.24. The van der Waals surface area contributed by atoms with Crippen molar-refractivity contribution < 1.29 is 8.78 Å². The van der Waals surface area contributed by atoms with Crippen molar-refractivity contribution in [3.63, 3.8) is 0 Å². The summed E-state index contributed by atoms with van der Waals surface area (Å²) in [6, 6.07) is 12.4. The summed E-state index contributed by atoms with van der Waals surface area (Å²) in [5.74, 6) is -1.14. The van der Waals surface area contributed by atoms with Gasteiger partial charge in [0.15, 0.2) is 0 Å². The summed E-state index contributed by atoms with van der Waals surface area (Å²) in [5.41, 5.74) is 7.00. The molecule has 0 saturated carbocycles. The molecule has 2 N–H and O–H groups in total. The second-order valence-electron chi connectivity index (χ2n) is 4.77. The Morgan fingerprint density at radius 2 is 1.60 bits per heavy atom. The Morgan fingerprint density at radius 3 is 2.15 bits per heavy atom. The summed E-state index contributed by atoms with van der Waals surface area (Å²) in [7, 11) is 1.69. The zero-order valence-electron chi connectivity index (χ0n) is 11.4. The molecular weight excluding hydrogens is 258 g/mol. The average Bonchev–Trinajstić information content (AvgIpc) is 2.45. The van der Waals surface area contributed by atoms with Gasteiger partial charge in [-0.1, -0.05) is 30.3 Å². The van der Waals surface area contributed by atoms with Gasteiger partial charge in [0, 0.05) is 20.1 Å². The van der Waals surface area contributed by atoms with E-state index in [9.17, 15) is 8.78 Å². The van der Waals surface area contributed by atoms with Gasteiger partial charge in [-0.05, 0) is 29.7 Å². The Hall–Kier alpha value is -1.94. The van der Waals surface area contributed by atoms with Gasteiger partial charge in [-0.25, -0.2) is 8.78 Å². The number of halogens is 2. The van der Waals surface area contributed by atoms with E-state index in [1.165, 1.54) is 12.1 Å². The van der Waals surface area contributed by atoms with Crippen LogP contribution in [0.25, 0.3) is 0 Å². The highest BCUT2D eigenvalue weighted by Gasteiger charge is 2.14. The SMILES string of the molecule is CN(CCc1ccccc1)c1c(F)cc(CN)cc1F. The fraction of sp³-hybridized carbons (Fsp3) is 0.250. The lowest BCUT2D eigenvalue weighted by Crippen LogP contribution is -2.23. The summed E-state index contributed by atoms with van der Waals surface area (Å²) in [6.07, 6.45) is 0.731. The lowest BCUT2D eigenvalue weighted by Gasteiger charge is -2.21. The molecular formula is C16H18F2N2. The minimum atomic E-state index is -0.569. The molecule has 0 aliphatic carbocycles. The molecule has 2 rings (SSSR count). The van der Waals surface area contributed by atoms with Crippen molar-refractivity contribution in [3.8, 4) is 0 Å². The van der Waals surface area contributed by atoms with Crippen molar-refractivity contribution in [2.24, 2.45) is 5.73 Å². The fourth-order valence-electron chi connectivity index (χ4n) is 2.15. The number of hydrogen-bond acceptors (Lipinski definition) is 2. The molecule has 0 radical (unpaired) electrons. The number of likely N-dealkylation sites (N-methyl/N-ethyl adjacent to an activating group) is 1. The molecule has 0 aliphatic heterocycles. The second-order valence-corrected chi connectivity index (χ2v) is 4.77. The van der Waals surface area contributed by atoms with Crippen LogP contribution in [0.15, 0.2) is 42.5 Å². The number of hydrogen-bond donors (Lipinski definition) is 1. The van der Waals surface area contributed by atoms with E-state index in [1.807, 2.05) is 30.3 Å². The lowest BCUT2D eigenvalue weighted by atomic mass is 10.1. The van der Waals surface area contributed by atoms with Crippen molar-refractivity contribution in [1.29, 1.82) is 0 Å². The molecule has 0 bridgehead atoms. The molecule has 2 aromatic rings. The largest absolute Gasteiger partial charge is 0.370 e. The quantitative estimate of drug-likeness (QED) is 0.909. The van der Waals surface area contributed by atoms with E-state index in [4.69, 9.17) is 5.73 Å². The normalized spacial score (nSPS) is 10.6. The van der Waals surface area contributed by atoms with E-state index in [0.29, 0.717) is 12.1 Å². The van der Waals surface area contributed by atoms with Gasteiger partial charge < -0.3 is 10.6 Å². The third-order valence-electron chi connectivity index (χ3n) is 3.27. The maximum absolute atomic E-state index is 13.9. The molecule has 0 aromatic heterocycles. The smallest absolute Gasteiger partial charge is 0.149 e. The average molecular weight is 276 g/mol. The maximum Gasteiger partial charge on any atom is 0.149 e. The summed E-state index contributed by atoms with van der Waals surface area (Å²) >= 11 is 0. The van der Waals surface area contributed by atoms with Crippen molar-refractivity contribution in [2.45, 2.75) is 13.0 Å². The molecule has 4 heteroatoms. The fourth-order valence-corrected chi connectivity index (χ4v) is 2.15. The highest BCUT2D eigenvalue weighted by molar-refractivity contribution is 5.50. The van der Waals surface area contributed by atoms with Crippen LogP contribution >= 0.6 is 0 Å². The molecule has 0 atom stereocenters. The van der Waals surface area contributed by atoms with Gasteiger partial charge in [0.1, 0.15) is 17.3 Å². The first-order valence-electron chi connectivity index (χ1n) is 6.55. The predicted octanol–water partition coefficient (Wildman–Crippen LogP) is 3.10. The number of rotatable bonds is 5. The second kappa shape index (κ2) is 6.48. The molecule has 0 unspecified atom stereocenters. The van der Waals surface area contributed by atoms with Crippen molar-refractivity contribution >= 4 is 5.69 Å². The van der Waals surface area contributed by atoms with Gasteiger partial charge in [0.05, 0.1) is 0 Å². The van der Waals surface area contributed by atoms with E-state index < -0.39 is 11.6 Å². The lowest BCUT2D eigenvalue weighted by molar-refractivity contribution is 0.573. The van der Waals surface area contributed by atoms with E-state index >= 15 is 0 Å². The van der Waals surface area contributed by atoms with Crippen LogP contribution in [-0.2, 0) is 13.0 Å². The van der Waals surface area contributed by atoms with Crippen molar-refractivity contribution in [2.75, 3.05) is 18.5 Å². The monoisotopic (exact) mass is 276 g/mol. The van der Waals surface area contributed by atoms with Gasteiger partial charge >= 0.3 is 0 Å². The topological polar surface area (TPSA) is 29.3 Å². The maximum atomic E-state index is 13.9. The third kappa shape index (κ3) is 3.33. The Kier molecular flexibility index (Phi) is 4.69. The van der Waals surface area contributed by atoms with Crippen LogP contribution in [0.2, 0.25) is 0 Å². The molecule has 0 aliphatic rings. The van der Waals surface area contributed by atoms with Crippen LogP contribution in [-0.4, -0.2) is 13.6 Å². The summed E-state index contributed by atoms with van der Waals surface area (Å²) < 4.78 is 27.9. The first-order chi connectivity index (χ1) is 9.61. The van der Waals surface area contributed by atoms with Crippen LogP contribution in [0.4, 0.5) is 14.5 Å². The minimum Gasteiger partial charge on any atom is -0.370 e. The first-order valence-corrected chi connectivity index (χ1v) is 6.55. The van der Waals surface area contributed by atoms with Gasteiger partial charge in [-0.15, -0.1) is 0 Å². The van der Waals surface area contributed by atoms with Crippen LogP contribution in [0.5, 0.6) is 0 Å². The molecule has 20 heavy (non-hydrogen) atoms. The molecule has 0 amide bonds. The van der Waals surface area contributed by atoms with Crippen LogP contribution in [0.3, 0.4) is 0 Å². The van der Waals surface area contributed by atoms with Gasteiger partial charge in [0.25, 0.3) is 0 Å². The summed E-state index contributed by atoms with van der Waals surface area (Å²) in [5, 5.41) is 0. The number of nitrogens with two attached hydrogens (primary N) is 1. The number of anilines is 1. The zero-order chi connectivity index (χ0) is 14.5. The number of benzene rings is 2. The van der Waals surface area contributed by atoms with Gasteiger partial charge in [-0.2, -0.15) is 0 Å². The Balaban J connectivity index is 2.11.